The third kappa shape index (κ3) is 2.83. The molecule has 1 aliphatic heterocycles. The number of carbonyl (C=O) groups is 3. The van der Waals surface area contributed by atoms with Gasteiger partial charge in [0.1, 0.15) is 0 Å². The number of carbonyl (C=O) groups excluding carboxylic acids is 3. The summed E-state index contributed by atoms with van der Waals surface area (Å²) in [5.74, 6) is 1.10. The normalized spacial score (nSPS) is 33.2. The van der Waals surface area contributed by atoms with Crippen LogP contribution >= 0.6 is 0 Å². The van der Waals surface area contributed by atoms with Crippen molar-refractivity contribution >= 4 is 23.4 Å². The highest BCUT2D eigenvalue weighted by Gasteiger charge is 2.54. The number of amides is 3. The lowest BCUT2D eigenvalue weighted by Gasteiger charge is -2.35. The number of anilines is 1. The SMILES string of the molecule is CC[C@]1(c2ccc(NC(=O)C3[C@H]4CCCC[C@H]34)cc2)CCC(=O)NC1=O. The third-order valence-corrected chi connectivity index (χ3v) is 6.73. The highest BCUT2D eigenvalue weighted by atomic mass is 16.2. The first-order valence-corrected chi connectivity index (χ1v) is 9.81. The van der Waals surface area contributed by atoms with Crippen molar-refractivity contribution in [3.05, 3.63) is 29.8 Å². The van der Waals surface area contributed by atoms with Gasteiger partial charge in [-0.05, 0) is 55.2 Å². The van der Waals surface area contributed by atoms with Gasteiger partial charge in [0.05, 0.1) is 5.41 Å². The molecule has 26 heavy (non-hydrogen) atoms. The number of benzene rings is 1. The number of imide groups is 1. The molecule has 1 saturated heterocycles. The first kappa shape index (κ1) is 17.3. The van der Waals surface area contributed by atoms with Crippen molar-refractivity contribution in [3.8, 4) is 0 Å². The van der Waals surface area contributed by atoms with Gasteiger partial charge in [-0.15, -0.1) is 0 Å². The molecule has 138 valence electrons. The van der Waals surface area contributed by atoms with Gasteiger partial charge < -0.3 is 5.32 Å². The smallest absolute Gasteiger partial charge is 0.237 e. The summed E-state index contributed by atoms with van der Waals surface area (Å²) in [6.07, 6.45) is 6.42. The Morgan fingerprint density at radius 1 is 1.15 bits per heavy atom. The Morgan fingerprint density at radius 3 is 2.38 bits per heavy atom. The van der Waals surface area contributed by atoms with E-state index in [0.717, 1.165) is 11.3 Å². The van der Waals surface area contributed by atoms with E-state index in [2.05, 4.69) is 10.6 Å². The van der Waals surface area contributed by atoms with E-state index in [1.54, 1.807) is 0 Å². The van der Waals surface area contributed by atoms with E-state index in [1.807, 2.05) is 31.2 Å². The molecule has 4 rings (SSSR count). The van der Waals surface area contributed by atoms with Crippen LogP contribution in [0.5, 0.6) is 0 Å². The molecule has 1 aromatic carbocycles. The molecule has 1 aromatic rings. The average Bonchev–Trinajstić information content (AvgIpc) is 3.38. The summed E-state index contributed by atoms with van der Waals surface area (Å²) in [6, 6.07) is 7.57. The number of piperidine rings is 1. The molecule has 2 aliphatic carbocycles. The van der Waals surface area contributed by atoms with Gasteiger partial charge >= 0.3 is 0 Å². The summed E-state index contributed by atoms with van der Waals surface area (Å²) in [7, 11) is 0. The first-order chi connectivity index (χ1) is 12.5. The lowest BCUT2D eigenvalue weighted by atomic mass is 9.72. The van der Waals surface area contributed by atoms with Crippen LogP contribution in [0, 0.1) is 17.8 Å². The second-order valence-corrected chi connectivity index (χ2v) is 8.02. The maximum atomic E-state index is 12.5. The van der Waals surface area contributed by atoms with Crippen LogP contribution in [-0.4, -0.2) is 17.7 Å². The van der Waals surface area contributed by atoms with E-state index in [-0.39, 0.29) is 23.6 Å². The molecule has 0 radical (unpaired) electrons. The van der Waals surface area contributed by atoms with Crippen molar-refractivity contribution in [3.63, 3.8) is 0 Å². The largest absolute Gasteiger partial charge is 0.326 e. The van der Waals surface area contributed by atoms with Gasteiger partial charge in [-0.1, -0.05) is 31.9 Å². The van der Waals surface area contributed by atoms with Gasteiger partial charge in [0, 0.05) is 18.0 Å². The van der Waals surface area contributed by atoms with E-state index >= 15 is 0 Å². The number of rotatable bonds is 4. The Balaban J connectivity index is 1.45. The summed E-state index contributed by atoms with van der Waals surface area (Å²) in [5, 5.41) is 5.52. The van der Waals surface area contributed by atoms with Crippen molar-refractivity contribution in [2.75, 3.05) is 5.32 Å². The summed E-state index contributed by atoms with van der Waals surface area (Å²) in [5.41, 5.74) is 1.03. The van der Waals surface area contributed by atoms with Crippen molar-refractivity contribution in [2.45, 2.75) is 57.3 Å². The molecule has 3 aliphatic rings. The summed E-state index contributed by atoms with van der Waals surface area (Å²) in [6.45, 7) is 1.97. The Labute approximate surface area is 153 Å². The zero-order valence-corrected chi connectivity index (χ0v) is 15.2. The van der Waals surface area contributed by atoms with E-state index in [1.165, 1.54) is 25.7 Å². The average molecular weight is 354 g/mol. The molecule has 3 amide bonds. The third-order valence-electron chi connectivity index (χ3n) is 6.73. The first-order valence-electron chi connectivity index (χ1n) is 9.81. The minimum absolute atomic E-state index is 0.140. The molecule has 2 saturated carbocycles. The Kier molecular flexibility index (Phi) is 4.33. The fourth-order valence-corrected chi connectivity index (χ4v) is 5.05. The van der Waals surface area contributed by atoms with Gasteiger partial charge in [0.2, 0.25) is 17.7 Å². The second-order valence-electron chi connectivity index (χ2n) is 8.02. The highest BCUT2D eigenvalue weighted by Crippen LogP contribution is 2.55. The molecule has 2 N–H and O–H groups in total. The predicted molar refractivity (Wildman–Crippen MR) is 98.4 cm³/mol. The van der Waals surface area contributed by atoms with Gasteiger partial charge in [0.25, 0.3) is 0 Å². The standard InChI is InChI=1S/C21H26N2O3/c1-2-21(12-11-17(24)23-20(21)26)13-7-9-14(10-8-13)22-19(25)18-15-5-3-4-6-16(15)18/h7-10,15-16,18H,2-6,11-12H2,1H3,(H,22,25)(H,23,24,26)/t15-,16-,21+/m0/s1. The van der Waals surface area contributed by atoms with Crippen molar-refractivity contribution in [1.82, 2.24) is 5.32 Å². The molecule has 5 heteroatoms. The lowest BCUT2D eigenvalue weighted by molar-refractivity contribution is -0.138. The molecule has 0 aromatic heterocycles. The van der Waals surface area contributed by atoms with Gasteiger partial charge in [-0.3, -0.25) is 19.7 Å². The predicted octanol–water partition coefficient (Wildman–Crippen LogP) is 3.15. The van der Waals surface area contributed by atoms with Crippen LogP contribution in [0.2, 0.25) is 0 Å². The van der Waals surface area contributed by atoms with Gasteiger partial charge in [-0.25, -0.2) is 0 Å². The Morgan fingerprint density at radius 2 is 1.81 bits per heavy atom. The maximum Gasteiger partial charge on any atom is 0.237 e. The van der Waals surface area contributed by atoms with Crippen molar-refractivity contribution in [1.29, 1.82) is 0 Å². The fourth-order valence-electron chi connectivity index (χ4n) is 5.05. The summed E-state index contributed by atoms with van der Waals surface area (Å²) < 4.78 is 0. The van der Waals surface area contributed by atoms with E-state index in [9.17, 15) is 14.4 Å². The number of fused-ring (bicyclic) bond motifs is 1. The van der Waals surface area contributed by atoms with Gasteiger partial charge in [-0.2, -0.15) is 0 Å². The van der Waals surface area contributed by atoms with Crippen LogP contribution in [0.3, 0.4) is 0 Å². The number of hydrogen-bond acceptors (Lipinski definition) is 3. The zero-order chi connectivity index (χ0) is 18.3. The molecule has 0 bridgehead atoms. The highest BCUT2D eigenvalue weighted by molar-refractivity contribution is 6.03. The molecule has 1 heterocycles. The summed E-state index contributed by atoms with van der Waals surface area (Å²) in [4.78, 5) is 36.5. The fraction of sp³-hybridized carbons (Fsp3) is 0.571. The van der Waals surface area contributed by atoms with Crippen LogP contribution in [0.15, 0.2) is 24.3 Å². The van der Waals surface area contributed by atoms with Crippen LogP contribution in [0.25, 0.3) is 0 Å². The van der Waals surface area contributed by atoms with Gasteiger partial charge in [0.15, 0.2) is 0 Å². The summed E-state index contributed by atoms with van der Waals surface area (Å²) >= 11 is 0. The van der Waals surface area contributed by atoms with Crippen molar-refractivity contribution in [2.24, 2.45) is 17.8 Å². The van der Waals surface area contributed by atoms with E-state index < -0.39 is 5.41 Å². The second kappa shape index (κ2) is 6.53. The van der Waals surface area contributed by atoms with Crippen LogP contribution < -0.4 is 10.6 Å². The topological polar surface area (TPSA) is 75.3 Å². The van der Waals surface area contributed by atoms with Crippen LogP contribution in [0.4, 0.5) is 5.69 Å². The monoisotopic (exact) mass is 354 g/mol. The molecule has 0 unspecified atom stereocenters. The minimum atomic E-state index is -0.651. The Hall–Kier alpha value is -2.17. The zero-order valence-electron chi connectivity index (χ0n) is 15.2. The quantitative estimate of drug-likeness (QED) is 0.816. The number of nitrogens with one attached hydrogen (secondary N) is 2. The molecular formula is C21H26N2O3. The molecule has 3 fully saturated rings. The van der Waals surface area contributed by atoms with Crippen LogP contribution in [0.1, 0.15) is 57.4 Å². The molecular weight excluding hydrogens is 328 g/mol. The van der Waals surface area contributed by atoms with E-state index in [4.69, 9.17) is 0 Å². The lowest BCUT2D eigenvalue weighted by Crippen LogP contribution is -2.51. The van der Waals surface area contributed by atoms with Crippen LogP contribution in [-0.2, 0) is 19.8 Å². The maximum absolute atomic E-state index is 12.5. The number of hydrogen-bond donors (Lipinski definition) is 2. The Bertz CT molecular complexity index is 730. The molecule has 5 nitrogen and oxygen atoms in total. The molecule has 3 atom stereocenters. The van der Waals surface area contributed by atoms with Crippen molar-refractivity contribution < 1.29 is 14.4 Å². The van der Waals surface area contributed by atoms with E-state index in [0.29, 0.717) is 31.1 Å². The molecule has 0 spiro atoms. The minimum Gasteiger partial charge on any atom is -0.326 e.